The number of hydrogen-bond acceptors (Lipinski definition) is 4. The summed E-state index contributed by atoms with van der Waals surface area (Å²) < 4.78 is 8.02. The summed E-state index contributed by atoms with van der Waals surface area (Å²) in [6.45, 7) is 1.33. The number of methoxy groups -OCH3 is 1. The minimum atomic E-state index is 0.0150. The number of thiophene rings is 1. The summed E-state index contributed by atoms with van der Waals surface area (Å²) in [6.07, 6.45) is 1.80. The van der Waals surface area contributed by atoms with Gasteiger partial charge in [-0.05, 0) is 34.4 Å². The van der Waals surface area contributed by atoms with Gasteiger partial charge in [-0.25, -0.2) is 0 Å². The number of hydrogen-bond donors (Lipinski definition) is 1. The van der Waals surface area contributed by atoms with E-state index in [0.29, 0.717) is 13.2 Å². The van der Waals surface area contributed by atoms with Crippen LogP contribution >= 0.6 is 38.9 Å². The lowest BCUT2D eigenvalue weighted by molar-refractivity contribution is 0.182. The average Bonchev–Trinajstić information content (AvgIpc) is 2.97. The molecule has 1 unspecified atom stereocenters. The molecular formula is C12H15BrClN3OS. The molecule has 0 radical (unpaired) electrons. The molecule has 0 aliphatic rings. The summed E-state index contributed by atoms with van der Waals surface area (Å²) in [5.41, 5.74) is 1.06. The highest BCUT2D eigenvalue weighted by Crippen LogP contribution is 2.35. The first-order chi connectivity index (χ1) is 9.19. The van der Waals surface area contributed by atoms with Gasteiger partial charge in [-0.1, -0.05) is 11.6 Å². The van der Waals surface area contributed by atoms with E-state index in [1.165, 1.54) is 0 Å². The van der Waals surface area contributed by atoms with Gasteiger partial charge in [0.25, 0.3) is 0 Å². The summed E-state index contributed by atoms with van der Waals surface area (Å²) in [7, 11) is 3.60. The molecule has 1 atom stereocenters. The Bertz CT molecular complexity index is 543. The van der Waals surface area contributed by atoms with Gasteiger partial charge in [0.05, 0.1) is 40.6 Å². The summed E-state index contributed by atoms with van der Waals surface area (Å²) in [4.78, 5) is 1.09. The summed E-state index contributed by atoms with van der Waals surface area (Å²) >= 11 is 11.4. The van der Waals surface area contributed by atoms with Crippen LogP contribution in [0.15, 0.2) is 22.1 Å². The van der Waals surface area contributed by atoms with Crippen molar-refractivity contribution in [1.29, 1.82) is 0 Å². The van der Waals surface area contributed by atoms with E-state index < -0.39 is 0 Å². The second kappa shape index (κ2) is 6.85. The van der Waals surface area contributed by atoms with Crippen LogP contribution in [0.4, 0.5) is 0 Å². The Hall–Kier alpha value is -0.400. The molecular weight excluding hydrogens is 350 g/mol. The van der Waals surface area contributed by atoms with Crippen molar-refractivity contribution >= 4 is 38.9 Å². The molecule has 7 heteroatoms. The van der Waals surface area contributed by atoms with Gasteiger partial charge in [0, 0.05) is 12.0 Å². The van der Waals surface area contributed by atoms with Gasteiger partial charge in [0.1, 0.15) is 0 Å². The van der Waals surface area contributed by atoms with Crippen molar-refractivity contribution in [2.24, 2.45) is 0 Å². The maximum absolute atomic E-state index is 6.24. The van der Waals surface area contributed by atoms with E-state index in [4.69, 9.17) is 16.3 Å². The number of nitrogens with one attached hydrogen (secondary N) is 1. The molecule has 0 fully saturated rings. The van der Waals surface area contributed by atoms with Gasteiger partial charge in [-0.3, -0.25) is 4.68 Å². The standard InChI is InChI=1S/C12H15BrClN3OS/c1-15-10(12-9(14)3-6-19-12)11-8(13)7-16-17(11)4-5-18-2/h3,6-7,10,15H,4-5H2,1-2H3. The van der Waals surface area contributed by atoms with E-state index in [9.17, 15) is 0 Å². The van der Waals surface area contributed by atoms with Crippen LogP contribution in [0.2, 0.25) is 5.02 Å². The third-order valence-corrected chi connectivity index (χ3v) is 4.84. The molecule has 0 saturated carbocycles. The molecule has 2 rings (SSSR count). The Labute approximate surface area is 129 Å². The molecule has 19 heavy (non-hydrogen) atoms. The highest BCUT2D eigenvalue weighted by molar-refractivity contribution is 9.10. The minimum Gasteiger partial charge on any atom is -0.383 e. The van der Waals surface area contributed by atoms with E-state index in [0.717, 1.165) is 20.1 Å². The van der Waals surface area contributed by atoms with Gasteiger partial charge in [0.15, 0.2) is 0 Å². The first-order valence-electron chi connectivity index (χ1n) is 5.79. The lowest BCUT2D eigenvalue weighted by atomic mass is 10.1. The molecule has 104 valence electrons. The van der Waals surface area contributed by atoms with Crippen molar-refractivity contribution in [3.63, 3.8) is 0 Å². The van der Waals surface area contributed by atoms with E-state index in [1.54, 1.807) is 24.6 Å². The third-order valence-electron chi connectivity index (χ3n) is 2.81. The molecule has 0 bridgehead atoms. The van der Waals surface area contributed by atoms with Crippen LogP contribution in [-0.4, -0.2) is 30.5 Å². The largest absolute Gasteiger partial charge is 0.383 e. The van der Waals surface area contributed by atoms with Crippen LogP contribution in [0.25, 0.3) is 0 Å². The van der Waals surface area contributed by atoms with E-state index in [1.807, 2.05) is 23.2 Å². The summed E-state index contributed by atoms with van der Waals surface area (Å²) in [5, 5.41) is 10.4. The van der Waals surface area contributed by atoms with Crippen LogP contribution in [0, 0.1) is 0 Å². The fourth-order valence-corrected chi connectivity index (χ4v) is 3.72. The van der Waals surface area contributed by atoms with Crippen LogP contribution in [0.1, 0.15) is 16.6 Å². The van der Waals surface area contributed by atoms with Crippen molar-refractivity contribution in [3.8, 4) is 0 Å². The Morgan fingerprint density at radius 1 is 1.63 bits per heavy atom. The predicted molar refractivity (Wildman–Crippen MR) is 82.0 cm³/mol. The zero-order valence-corrected chi connectivity index (χ0v) is 13.8. The molecule has 0 saturated heterocycles. The lowest BCUT2D eigenvalue weighted by Gasteiger charge is -2.18. The SMILES string of the molecule is CNC(c1sccc1Cl)c1c(Br)cnn1CCOC. The summed E-state index contributed by atoms with van der Waals surface area (Å²) in [6, 6.07) is 1.93. The maximum Gasteiger partial charge on any atom is 0.0866 e. The van der Waals surface area contributed by atoms with Gasteiger partial charge < -0.3 is 10.1 Å². The first-order valence-corrected chi connectivity index (χ1v) is 7.84. The normalized spacial score (nSPS) is 12.8. The van der Waals surface area contributed by atoms with Gasteiger partial charge in [-0.15, -0.1) is 11.3 Å². The van der Waals surface area contributed by atoms with E-state index in [-0.39, 0.29) is 6.04 Å². The van der Waals surface area contributed by atoms with E-state index >= 15 is 0 Å². The van der Waals surface area contributed by atoms with Crippen molar-refractivity contribution in [2.75, 3.05) is 20.8 Å². The molecule has 2 heterocycles. The molecule has 2 aromatic heterocycles. The van der Waals surface area contributed by atoms with Gasteiger partial charge in [0.2, 0.25) is 0 Å². The van der Waals surface area contributed by atoms with Crippen LogP contribution in [-0.2, 0) is 11.3 Å². The Balaban J connectivity index is 2.38. The molecule has 0 aromatic carbocycles. The molecule has 2 aromatic rings. The Morgan fingerprint density at radius 3 is 3.00 bits per heavy atom. The molecule has 1 N–H and O–H groups in total. The molecule has 0 aliphatic carbocycles. The van der Waals surface area contributed by atoms with Gasteiger partial charge in [-0.2, -0.15) is 5.10 Å². The monoisotopic (exact) mass is 363 g/mol. The number of rotatable bonds is 6. The smallest absolute Gasteiger partial charge is 0.0866 e. The fourth-order valence-electron chi connectivity index (χ4n) is 1.92. The second-order valence-electron chi connectivity index (χ2n) is 3.95. The van der Waals surface area contributed by atoms with E-state index in [2.05, 4.69) is 26.3 Å². The van der Waals surface area contributed by atoms with Crippen LogP contribution < -0.4 is 5.32 Å². The molecule has 0 spiro atoms. The van der Waals surface area contributed by atoms with Gasteiger partial charge >= 0.3 is 0 Å². The predicted octanol–water partition coefficient (Wildman–Crippen LogP) is 3.32. The number of nitrogens with zero attached hydrogens (tertiary/aromatic N) is 2. The van der Waals surface area contributed by atoms with Crippen LogP contribution in [0.3, 0.4) is 0 Å². The van der Waals surface area contributed by atoms with Crippen molar-refractivity contribution < 1.29 is 4.74 Å². The first kappa shape index (κ1) is 15.0. The minimum absolute atomic E-state index is 0.0150. The number of ether oxygens (including phenoxy) is 1. The highest BCUT2D eigenvalue weighted by Gasteiger charge is 2.23. The van der Waals surface area contributed by atoms with Crippen molar-refractivity contribution in [3.05, 3.63) is 37.7 Å². The Morgan fingerprint density at radius 2 is 2.42 bits per heavy atom. The van der Waals surface area contributed by atoms with Crippen LogP contribution in [0.5, 0.6) is 0 Å². The molecule has 4 nitrogen and oxygen atoms in total. The van der Waals surface area contributed by atoms with Crippen molar-refractivity contribution in [2.45, 2.75) is 12.6 Å². The zero-order chi connectivity index (χ0) is 13.8. The highest BCUT2D eigenvalue weighted by atomic mass is 79.9. The maximum atomic E-state index is 6.24. The summed E-state index contributed by atoms with van der Waals surface area (Å²) in [5.74, 6) is 0. The number of halogens is 2. The fraction of sp³-hybridized carbons (Fsp3) is 0.417. The quantitative estimate of drug-likeness (QED) is 0.854. The van der Waals surface area contributed by atoms with Crippen molar-refractivity contribution in [1.82, 2.24) is 15.1 Å². The zero-order valence-electron chi connectivity index (χ0n) is 10.7. The third kappa shape index (κ3) is 3.20. The topological polar surface area (TPSA) is 39.1 Å². The lowest BCUT2D eigenvalue weighted by Crippen LogP contribution is -2.22. The second-order valence-corrected chi connectivity index (χ2v) is 6.16. The number of aromatic nitrogens is 2. The molecule has 0 aliphatic heterocycles. The average molecular weight is 365 g/mol. The molecule has 0 amide bonds. The Kier molecular flexibility index (Phi) is 5.41.